The van der Waals surface area contributed by atoms with E-state index in [1.54, 1.807) is 18.2 Å². The summed E-state index contributed by atoms with van der Waals surface area (Å²) < 4.78 is 4.73. The molecule has 3 saturated carbocycles. The van der Waals surface area contributed by atoms with Gasteiger partial charge in [0.05, 0.1) is 12.7 Å². The molecule has 2 bridgehead atoms. The van der Waals surface area contributed by atoms with Gasteiger partial charge in [-0.1, -0.05) is 6.92 Å². The lowest BCUT2D eigenvalue weighted by Crippen LogP contribution is -2.49. The van der Waals surface area contributed by atoms with Gasteiger partial charge in [0.2, 0.25) is 5.91 Å². The minimum absolute atomic E-state index is 0.132. The number of carbonyl (C=O) groups is 2. The van der Waals surface area contributed by atoms with Crippen molar-refractivity contribution in [1.29, 1.82) is 0 Å². The molecule has 5 heteroatoms. The Labute approximate surface area is 142 Å². The average molecular weight is 330 g/mol. The second-order valence-corrected chi connectivity index (χ2v) is 7.68. The molecule has 3 N–H and O–H groups in total. The van der Waals surface area contributed by atoms with Gasteiger partial charge >= 0.3 is 5.97 Å². The van der Waals surface area contributed by atoms with Crippen LogP contribution in [0.15, 0.2) is 18.2 Å². The third-order valence-corrected chi connectivity index (χ3v) is 6.11. The fourth-order valence-electron chi connectivity index (χ4n) is 4.08. The topological polar surface area (TPSA) is 81.4 Å². The smallest absolute Gasteiger partial charge is 0.337 e. The summed E-state index contributed by atoms with van der Waals surface area (Å²) in [5.41, 5.74) is 7.99. The van der Waals surface area contributed by atoms with Crippen molar-refractivity contribution >= 4 is 17.6 Å². The van der Waals surface area contributed by atoms with Crippen molar-refractivity contribution < 1.29 is 14.3 Å². The number of amides is 1. The summed E-state index contributed by atoms with van der Waals surface area (Å²) in [6.45, 7) is 2.68. The third kappa shape index (κ3) is 2.99. The molecule has 3 aliphatic carbocycles. The Hall–Kier alpha value is -2.04. The van der Waals surface area contributed by atoms with Crippen molar-refractivity contribution in [2.24, 2.45) is 10.8 Å². The second-order valence-electron chi connectivity index (χ2n) is 7.68. The lowest BCUT2D eigenvalue weighted by Gasteiger charge is -2.51. The van der Waals surface area contributed by atoms with E-state index in [2.05, 4.69) is 12.2 Å². The zero-order valence-corrected chi connectivity index (χ0v) is 14.5. The van der Waals surface area contributed by atoms with E-state index in [0.717, 1.165) is 44.1 Å². The molecular formula is C19H26N2O3. The predicted octanol–water partition coefficient (Wildman–Crippen LogP) is 3.03. The number of benzene rings is 1. The molecule has 3 aliphatic rings. The summed E-state index contributed by atoms with van der Waals surface area (Å²) in [6.07, 6.45) is 6.36. The molecule has 0 saturated heterocycles. The van der Waals surface area contributed by atoms with Crippen molar-refractivity contribution in [1.82, 2.24) is 5.32 Å². The zero-order valence-electron chi connectivity index (χ0n) is 14.5. The van der Waals surface area contributed by atoms with Crippen LogP contribution in [0.4, 0.5) is 5.69 Å². The molecule has 0 aromatic heterocycles. The van der Waals surface area contributed by atoms with E-state index in [-0.39, 0.29) is 11.3 Å². The standard InChI is InChI=1S/C19H26N2O3/c1-18-5-8-19(9-6-18,10-7-18)17(23)21-12-14-11-13(16(22)24-2)3-4-15(14)20/h3-4,11H,5-10,12,20H2,1-2H3,(H,21,23). The van der Waals surface area contributed by atoms with Gasteiger partial charge in [-0.3, -0.25) is 4.79 Å². The molecule has 24 heavy (non-hydrogen) atoms. The fraction of sp³-hybridized carbons (Fsp3) is 0.579. The van der Waals surface area contributed by atoms with Crippen LogP contribution in [-0.2, 0) is 16.1 Å². The molecule has 0 heterocycles. The Morgan fingerprint density at radius 2 is 1.79 bits per heavy atom. The van der Waals surface area contributed by atoms with Gasteiger partial charge in [-0.15, -0.1) is 0 Å². The summed E-state index contributed by atoms with van der Waals surface area (Å²) >= 11 is 0. The highest BCUT2D eigenvalue weighted by atomic mass is 16.5. The number of ether oxygens (including phenoxy) is 1. The van der Waals surface area contributed by atoms with E-state index < -0.39 is 5.97 Å². The largest absolute Gasteiger partial charge is 0.465 e. The van der Waals surface area contributed by atoms with E-state index in [4.69, 9.17) is 10.5 Å². The number of nitrogens with two attached hydrogens (primary N) is 1. The molecule has 3 fully saturated rings. The predicted molar refractivity (Wildman–Crippen MR) is 92.3 cm³/mol. The molecule has 5 nitrogen and oxygen atoms in total. The van der Waals surface area contributed by atoms with Gasteiger partial charge < -0.3 is 15.8 Å². The summed E-state index contributed by atoms with van der Waals surface area (Å²) in [5.74, 6) is -0.271. The SMILES string of the molecule is COC(=O)c1ccc(N)c(CNC(=O)C23CCC(C)(CC2)CC3)c1. The number of fused-ring (bicyclic) bond motifs is 3. The van der Waals surface area contributed by atoms with Gasteiger partial charge in [0.1, 0.15) is 0 Å². The fourth-order valence-corrected chi connectivity index (χ4v) is 4.08. The highest BCUT2D eigenvalue weighted by molar-refractivity contribution is 5.90. The van der Waals surface area contributed by atoms with E-state index in [1.807, 2.05) is 0 Å². The van der Waals surface area contributed by atoms with Crippen LogP contribution < -0.4 is 11.1 Å². The first-order valence-electron chi connectivity index (χ1n) is 8.63. The molecule has 0 unspecified atom stereocenters. The van der Waals surface area contributed by atoms with Crippen LogP contribution in [0, 0.1) is 10.8 Å². The molecule has 1 aromatic rings. The maximum absolute atomic E-state index is 12.8. The van der Waals surface area contributed by atoms with Gasteiger partial charge in [-0.25, -0.2) is 4.79 Å². The van der Waals surface area contributed by atoms with Crippen molar-refractivity contribution in [3.63, 3.8) is 0 Å². The maximum atomic E-state index is 12.8. The molecule has 130 valence electrons. The van der Waals surface area contributed by atoms with Crippen LogP contribution in [0.25, 0.3) is 0 Å². The summed E-state index contributed by atoms with van der Waals surface area (Å²) in [6, 6.07) is 5.00. The van der Waals surface area contributed by atoms with Gasteiger partial charge in [0.25, 0.3) is 0 Å². The van der Waals surface area contributed by atoms with Crippen molar-refractivity contribution in [2.45, 2.75) is 52.0 Å². The Kier molecular flexibility index (Phi) is 4.28. The molecular weight excluding hydrogens is 304 g/mol. The van der Waals surface area contributed by atoms with Crippen LogP contribution in [0.3, 0.4) is 0 Å². The van der Waals surface area contributed by atoms with Crippen molar-refractivity contribution in [3.05, 3.63) is 29.3 Å². The van der Waals surface area contributed by atoms with Crippen LogP contribution in [0.5, 0.6) is 0 Å². The Bertz CT molecular complexity index is 644. The Balaban J connectivity index is 1.67. The van der Waals surface area contributed by atoms with Crippen molar-refractivity contribution in [2.75, 3.05) is 12.8 Å². The quantitative estimate of drug-likeness (QED) is 0.657. The van der Waals surface area contributed by atoms with Crippen molar-refractivity contribution in [3.8, 4) is 0 Å². The average Bonchev–Trinajstić information content (AvgIpc) is 2.61. The minimum Gasteiger partial charge on any atom is -0.465 e. The van der Waals surface area contributed by atoms with Crippen LogP contribution in [0.1, 0.15) is 61.4 Å². The van der Waals surface area contributed by atoms with Crippen LogP contribution in [0.2, 0.25) is 0 Å². The first-order valence-corrected chi connectivity index (χ1v) is 8.63. The van der Waals surface area contributed by atoms with Gasteiger partial charge in [0.15, 0.2) is 0 Å². The normalized spacial score (nSPS) is 28.4. The highest BCUT2D eigenvalue weighted by Crippen LogP contribution is 2.56. The zero-order chi connectivity index (χ0) is 17.4. The third-order valence-electron chi connectivity index (χ3n) is 6.11. The molecule has 0 spiro atoms. The molecule has 4 rings (SSSR count). The molecule has 0 aliphatic heterocycles. The van der Waals surface area contributed by atoms with Crippen LogP contribution >= 0.6 is 0 Å². The lowest BCUT2D eigenvalue weighted by molar-refractivity contribution is -0.140. The number of nitrogen functional groups attached to an aromatic ring is 1. The van der Waals surface area contributed by atoms with Gasteiger partial charge in [0, 0.05) is 17.6 Å². The second kappa shape index (κ2) is 6.11. The summed E-state index contributed by atoms with van der Waals surface area (Å²) in [5, 5.41) is 3.05. The Morgan fingerprint density at radius 1 is 1.17 bits per heavy atom. The number of carbonyl (C=O) groups excluding carboxylic acids is 2. The van der Waals surface area contributed by atoms with E-state index in [1.165, 1.54) is 7.11 Å². The molecule has 1 amide bonds. The number of rotatable bonds is 4. The first-order chi connectivity index (χ1) is 11.4. The monoisotopic (exact) mass is 330 g/mol. The van der Waals surface area contributed by atoms with Gasteiger partial charge in [-0.2, -0.15) is 0 Å². The Morgan fingerprint density at radius 3 is 2.38 bits per heavy atom. The van der Waals surface area contributed by atoms with E-state index in [9.17, 15) is 9.59 Å². The molecule has 0 radical (unpaired) electrons. The number of nitrogens with one attached hydrogen (secondary N) is 1. The molecule has 0 atom stereocenters. The van der Waals surface area contributed by atoms with Gasteiger partial charge in [-0.05, 0) is 67.7 Å². The number of hydrogen-bond acceptors (Lipinski definition) is 4. The van der Waals surface area contributed by atoms with E-state index in [0.29, 0.717) is 23.2 Å². The maximum Gasteiger partial charge on any atom is 0.337 e. The number of methoxy groups -OCH3 is 1. The van der Waals surface area contributed by atoms with E-state index >= 15 is 0 Å². The number of hydrogen-bond donors (Lipinski definition) is 2. The minimum atomic E-state index is -0.403. The molecule has 1 aromatic carbocycles. The number of anilines is 1. The summed E-state index contributed by atoms with van der Waals surface area (Å²) in [7, 11) is 1.35. The number of esters is 1. The lowest BCUT2D eigenvalue weighted by atomic mass is 9.54. The first kappa shape index (κ1) is 16.8. The summed E-state index contributed by atoms with van der Waals surface area (Å²) in [4.78, 5) is 24.4. The highest BCUT2D eigenvalue weighted by Gasteiger charge is 2.50. The van der Waals surface area contributed by atoms with Crippen LogP contribution in [-0.4, -0.2) is 19.0 Å².